The van der Waals surface area contributed by atoms with E-state index in [1.54, 1.807) is 4.52 Å². The number of thioether (sulfide) groups is 1. The topological polar surface area (TPSA) is 90.6 Å². The van der Waals surface area contributed by atoms with E-state index in [0.717, 1.165) is 22.6 Å². The van der Waals surface area contributed by atoms with Gasteiger partial charge in [0.25, 0.3) is 0 Å². The van der Waals surface area contributed by atoms with Gasteiger partial charge in [-0.1, -0.05) is 41.6 Å². The maximum atomic E-state index is 12.3. The van der Waals surface area contributed by atoms with Crippen molar-refractivity contribution in [2.75, 3.05) is 12.5 Å². The van der Waals surface area contributed by atoms with Crippen LogP contribution in [0.25, 0.3) is 16.9 Å². The summed E-state index contributed by atoms with van der Waals surface area (Å²) in [7, 11) is 0. The Morgan fingerprint density at radius 3 is 2.77 bits per heavy atom. The lowest BCUT2D eigenvalue weighted by molar-refractivity contribution is -0.118. The lowest BCUT2D eigenvalue weighted by Crippen LogP contribution is -2.24. The zero-order chi connectivity index (χ0) is 21.2. The van der Waals surface area contributed by atoms with E-state index in [4.69, 9.17) is 9.47 Å². The molecule has 8 nitrogen and oxygen atoms in total. The summed E-state index contributed by atoms with van der Waals surface area (Å²) in [5, 5.41) is 16.5. The van der Waals surface area contributed by atoms with Crippen molar-refractivity contribution in [3.05, 3.63) is 65.7 Å². The Morgan fingerprint density at radius 1 is 1.06 bits per heavy atom. The van der Waals surface area contributed by atoms with Crippen LogP contribution in [0.1, 0.15) is 11.1 Å². The number of ether oxygens (including phenoxy) is 2. The second-order valence-electron chi connectivity index (χ2n) is 7.09. The number of benzene rings is 2. The van der Waals surface area contributed by atoms with Gasteiger partial charge in [-0.25, -0.2) is 0 Å². The zero-order valence-corrected chi connectivity index (χ0v) is 17.6. The quantitative estimate of drug-likeness (QED) is 0.467. The molecule has 1 N–H and O–H groups in total. The van der Waals surface area contributed by atoms with Crippen molar-refractivity contribution in [3.8, 4) is 22.8 Å². The standard InChI is InChI=1S/C22H19N5O3S/c1-14-2-4-15(5-3-14)11-23-21(28)12-31-22-25-24-20-9-7-17(26-27(20)22)16-6-8-18-19(10-16)30-13-29-18/h2-10H,11-13H2,1H3,(H,23,28). The Kier molecular flexibility index (Phi) is 5.17. The van der Waals surface area contributed by atoms with Crippen molar-refractivity contribution < 1.29 is 14.3 Å². The number of nitrogens with one attached hydrogen (secondary N) is 1. The van der Waals surface area contributed by atoms with Crippen LogP contribution in [-0.2, 0) is 11.3 Å². The Bertz CT molecular complexity index is 1260. The summed E-state index contributed by atoms with van der Waals surface area (Å²) < 4.78 is 12.5. The van der Waals surface area contributed by atoms with Gasteiger partial charge in [-0.2, -0.15) is 9.61 Å². The highest BCUT2D eigenvalue weighted by molar-refractivity contribution is 7.99. The van der Waals surface area contributed by atoms with E-state index in [1.807, 2.05) is 61.5 Å². The molecular formula is C22H19N5O3S. The van der Waals surface area contributed by atoms with Crippen LogP contribution in [-0.4, -0.2) is 38.3 Å². The molecule has 0 spiro atoms. The van der Waals surface area contributed by atoms with E-state index in [9.17, 15) is 4.79 Å². The molecule has 5 rings (SSSR count). The number of aromatic nitrogens is 4. The van der Waals surface area contributed by atoms with Gasteiger partial charge in [0.15, 0.2) is 17.1 Å². The predicted molar refractivity (Wildman–Crippen MR) is 116 cm³/mol. The summed E-state index contributed by atoms with van der Waals surface area (Å²) >= 11 is 1.30. The first-order valence-corrected chi connectivity index (χ1v) is 10.7. The van der Waals surface area contributed by atoms with Crippen LogP contribution in [0.15, 0.2) is 59.8 Å². The molecule has 31 heavy (non-hydrogen) atoms. The monoisotopic (exact) mass is 433 g/mol. The summed E-state index contributed by atoms with van der Waals surface area (Å²) in [6.07, 6.45) is 0. The number of amides is 1. The molecule has 0 saturated heterocycles. The van der Waals surface area contributed by atoms with Gasteiger partial charge >= 0.3 is 0 Å². The Balaban J connectivity index is 1.27. The average molecular weight is 433 g/mol. The van der Waals surface area contributed by atoms with Crippen LogP contribution < -0.4 is 14.8 Å². The maximum Gasteiger partial charge on any atom is 0.231 e. The van der Waals surface area contributed by atoms with Gasteiger partial charge in [-0.3, -0.25) is 4.79 Å². The lowest BCUT2D eigenvalue weighted by Gasteiger charge is -2.06. The van der Waals surface area contributed by atoms with Crippen LogP contribution in [0, 0.1) is 6.92 Å². The van der Waals surface area contributed by atoms with Crippen LogP contribution in [0.2, 0.25) is 0 Å². The molecule has 0 fully saturated rings. The van der Waals surface area contributed by atoms with E-state index >= 15 is 0 Å². The van der Waals surface area contributed by atoms with Gasteiger partial charge in [0.2, 0.25) is 17.9 Å². The van der Waals surface area contributed by atoms with Crippen LogP contribution in [0.5, 0.6) is 11.5 Å². The number of hydrogen-bond donors (Lipinski definition) is 1. The molecule has 1 aliphatic heterocycles. The van der Waals surface area contributed by atoms with Gasteiger partial charge in [-0.05, 0) is 42.8 Å². The zero-order valence-electron chi connectivity index (χ0n) is 16.7. The summed E-state index contributed by atoms with van der Waals surface area (Å²) in [6.45, 7) is 2.75. The largest absolute Gasteiger partial charge is 0.454 e. The van der Waals surface area contributed by atoms with E-state index in [2.05, 4.69) is 20.6 Å². The van der Waals surface area contributed by atoms with Gasteiger partial charge < -0.3 is 14.8 Å². The van der Waals surface area contributed by atoms with Crippen LogP contribution in [0.4, 0.5) is 0 Å². The fraction of sp³-hybridized carbons (Fsp3) is 0.182. The first-order valence-electron chi connectivity index (χ1n) is 9.73. The summed E-state index contributed by atoms with van der Waals surface area (Å²) in [5.74, 6) is 1.57. The fourth-order valence-corrected chi connectivity index (χ4v) is 3.87. The highest BCUT2D eigenvalue weighted by Gasteiger charge is 2.16. The normalized spacial score (nSPS) is 12.3. The molecule has 2 aromatic heterocycles. The molecule has 3 heterocycles. The second-order valence-corrected chi connectivity index (χ2v) is 8.03. The molecule has 1 aliphatic rings. The molecule has 0 aliphatic carbocycles. The SMILES string of the molecule is Cc1ccc(CNC(=O)CSc2nnc3ccc(-c4ccc5c(c4)OCO5)nn23)cc1. The third-order valence-electron chi connectivity index (χ3n) is 4.85. The molecule has 0 saturated carbocycles. The molecule has 4 aromatic rings. The number of carbonyl (C=O) groups is 1. The van der Waals surface area contributed by atoms with E-state index in [0.29, 0.717) is 23.1 Å². The Labute approximate surface area is 182 Å². The molecule has 0 bridgehead atoms. The predicted octanol–water partition coefficient (Wildman–Crippen LogP) is 3.24. The van der Waals surface area contributed by atoms with Gasteiger partial charge in [0, 0.05) is 12.1 Å². The smallest absolute Gasteiger partial charge is 0.231 e. The first kappa shape index (κ1) is 19.4. The Hall–Kier alpha value is -3.59. The summed E-state index contributed by atoms with van der Waals surface area (Å²) in [5.41, 5.74) is 4.51. The maximum absolute atomic E-state index is 12.3. The van der Waals surface area contributed by atoms with Crippen LogP contribution >= 0.6 is 11.8 Å². The van der Waals surface area contributed by atoms with Gasteiger partial charge in [-0.15, -0.1) is 10.2 Å². The molecular weight excluding hydrogens is 414 g/mol. The third-order valence-corrected chi connectivity index (χ3v) is 5.76. The van der Waals surface area contributed by atoms with Crippen molar-refractivity contribution >= 4 is 23.3 Å². The molecule has 0 radical (unpaired) electrons. The molecule has 1 amide bonds. The first-order chi connectivity index (χ1) is 15.2. The highest BCUT2D eigenvalue weighted by Crippen LogP contribution is 2.35. The third kappa shape index (κ3) is 4.17. The van der Waals surface area contributed by atoms with Crippen LogP contribution in [0.3, 0.4) is 0 Å². The fourth-order valence-electron chi connectivity index (χ4n) is 3.16. The van der Waals surface area contributed by atoms with E-state index in [-0.39, 0.29) is 18.5 Å². The molecule has 156 valence electrons. The number of carbonyl (C=O) groups excluding carboxylic acids is 1. The molecule has 2 aromatic carbocycles. The molecule has 0 atom stereocenters. The van der Waals surface area contributed by atoms with Crippen molar-refractivity contribution in [2.24, 2.45) is 0 Å². The number of rotatable bonds is 6. The minimum atomic E-state index is -0.0748. The highest BCUT2D eigenvalue weighted by atomic mass is 32.2. The summed E-state index contributed by atoms with van der Waals surface area (Å²) in [6, 6.07) is 17.5. The minimum absolute atomic E-state index is 0.0748. The van der Waals surface area contributed by atoms with E-state index in [1.165, 1.54) is 17.3 Å². The van der Waals surface area contributed by atoms with Crippen molar-refractivity contribution in [1.82, 2.24) is 25.1 Å². The summed E-state index contributed by atoms with van der Waals surface area (Å²) in [4.78, 5) is 12.3. The number of hydrogen-bond acceptors (Lipinski definition) is 7. The lowest BCUT2D eigenvalue weighted by atomic mass is 10.1. The molecule has 9 heteroatoms. The number of fused-ring (bicyclic) bond motifs is 2. The molecule has 0 unspecified atom stereocenters. The Morgan fingerprint density at radius 2 is 1.90 bits per heavy atom. The van der Waals surface area contributed by atoms with Crippen molar-refractivity contribution in [2.45, 2.75) is 18.6 Å². The number of nitrogens with zero attached hydrogens (tertiary/aromatic N) is 4. The minimum Gasteiger partial charge on any atom is -0.454 e. The van der Waals surface area contributed by atoms with Gasteiger partial charge in [0.1, 0.15) is 0 Å². The van der Waals surface area contributed by atoms with Crippen molar-refractivity contribution in [1.29, 1.82) is 0 Å². The van der Waals surface area contributed by atoms with E-state index < -0.39 is 0 Å². The second kappa shape index (κ2) is 8.27. The number of aryl methyl sites for hydroxylation is 1. The van der Waals surface area contributed by atoms with Gasteiger partial charge in [0.05, 0.1) is 11.4 Å². The van der Waals surface area contributed by atoms with Crippen molar-refractivity contribution in [3.63, 3.8) is 0 Å². The average Bonchev–Trinajstić information content (AvgIpc) is 3.43.